The molecular weight excluding hydrogens is 534 g/mol. The number of hydrogen-bond acceptors (Lipinski definition) is 4. The monoisotopic (exact) mass is 561 g/mol. The van der Waals surface area contributed by atoms with Crippen LogP contribution in [0.25, 0.3) is 0 Å². The highest BCUT2D eigenvalue weighted by molar-refractivity contribution is 6.30. The van der Waals surface area contributed by atoms with E-state index in [1.54, 1.807) is 48.5 Å². The SMILES string of the molecule is CC[C@@H](CC(O)(O)C(F)(F)F)N1C(=O)[C@@](C)(CC(=O)O)C[C@H](c2cccc(Cl)c2)C1c1ccc(Cl)cc1. The van der Waals surface area contributed by atoms with Crippen molar-refractivity contribution in [1.29, 1.82) is 0 Å². The Bertz CT molecular complexity index is 1140. The molecule has 0 aromatic heterocycles. The third-order valence-electron chi connectivity index (χ3n) is 6.97. The van der Waals surface area contributed by atoms with E-state index in [4.69, 9.17) is 23.2 Å². The van der Waals surface area contributed by atoms with Crippen LogP contribution in [0.3, 0.4) is 0 Å². The molecule has 3 rings (SSSR count). The number of likely N-dealkylation sites (tertiary alicyclic amines) is 1. The second kappa shape index (κ2) is 10.8. The van der Waals surface area contributed by atoms with Gasteiger partial charge in [-0.3, -0.25) is 9.59 Å². The van der Waals surface area contributed by atoms with E-state index in [9.17, 15) is 38.1 Å². The molecule has 4 atom stereocenters. The van der Waals surface area contributed by atoms with Gasteiger partial charge in [0.15, 0.2) is 0 Å². The van der Waals surface area contributed by atoms with Gasteiger partial charge in [0.1, 0.15) is 0 Å². The van der Waals surface area contributed by atoms with Crippen LogP contribution < -0.4 is 0 Å². The largest absolute Gasteiger partial charge is 0.481 e. The Hall–Kier alpha value is -2.33. The first-order valence-electron chi connectivity index (χ1n) is 11.7. The van der Waals surface area contributed by atoms with Crippen molar-refractivity contribution < 1.29 is 38.1 Å². The van der Waals surface area contributed by atoms with Crippen LogP contribution in [0, 0.1) is 5.41 Å². The minimum atomic E-state index is -5.37. The number of hydrogen-bond donors (Lipinski definition) is 3. The molecule has 1 aliphatic rings. The Morgan fingerprint density at radius 1 is 1.11 bits per heavy atom. The van der Waals surface area contributed by atoms with Gasteiger partial charge in [-0.2, -0.15) is 13.2 Å². The summed E-state index contributed by atoms with van der Waals surface area (Å²) in [6.07, 6.45) is -7.13. The summed E-state index contributed by atoms with van der Waals surface area (Å²) >= 11 is 12.3. The Balaban J connectivity index is 2.25. The Morgan fingerprint density at radius 3 is 2.24 bits per heavy atom. The van der Waals surface area contributed by atoms with E-state index < -0.39 is 60.1 Å². The zero-order valence-electron chi connectivity index (χ0n) is 20.2. The molecule has 0 bridgehead atoms. The quantitative estimate of drug-likeness (QED) is 0.346. The molecular formula is C26H28Cl2F3NO5. The van der Waals surface area contributed by atoms with Crippen LogP contribution in [0.4, 0.5) is 13.2 Å². The minimum absolute atomic E-state index is 0.0554. The van der Waals surface area contributed by atoms with Crippen LogP contribution >= 0.6 is 23.2 Å². The zero-order chi connectivity index (χ0) is 27.8. The molecule has 1 amide bonds. The number of carbonyl (C=O) groups excluding carboxylic acids is 1. The van der Waals surface area contributed by atoms with Crippen molar-refractivity contribution in [2.45, 2.75) is 69.5 Å². The summed E-state index contributed by atoms with van der Waals surface area (Å²) in [5.41, 5.74) is -0.278. The zero-order valence-corrected chi connectivity index (χ0v) is 21.7. The van der Waals surface area contributed by atoms with Gasteiger partial charge in [-0.25, -0.2) is 0 Å². The van der Waals surface area contributed by atoms with Crippen LogP contribution in [-0.2, 0) is 9.59 Å². The number of alkyl halides is 3. The molecule has 0 saturated carbocycles. The number of aliphatic carboxylic acids is 1. The molecule has 1 unspecified atom stereocenters. The maximum atomic E-state index is 14.0. The average molecular weight is 562 g/mol. The molecule has 11 heteroatoms. The highest BCUT2D eigenvalue weighted by atomic mass is 35.5. The highest BCUT2D eigenvalue weighted by Crippen LogP contribution is 2.53. The number of piperidine rings is 1. The molecule has 0 spiro atoms. The molecule has 202 valence electrons. The Labute approximate surface area is 222 Å². The lowest BCUT2D eigenvalue weighted by molar-refractivity contribution is -0.354. The van der Waals surface area contributed by atoms with Crippen molar-refractivity contribution in [1.82, 2.24) is 4.90 Å². The number of rotatable bonds is 8. The van der Waals surface area contributed by atoms with Gasteiger partial charge in [0.05, 0.1) is 17.9 Å². The number of halogens is 5. The van der Waals surface area contributed by atoms with Crippen LogP contribution in [0.15, 0.2) is 48.5 Å². The van der Waals surface area contributed by atoms with Crippen LogP contribution in [0.5, 0.6) is 0 Å². The van der Waals surface area contributed by atoms with Gasteiger partial charge in [-0.15, -0.1) is 0 Å². The first-order chi connectivity index (χ1) is 17.1. The van der Waals surface area contributed by atoms with Gasteiger partial charge in [0.25, 0.3) is 5.79 Å². The lowest BCUT2D eigenvalue weighted by Crippen LogP contribution is -2.59. The summed E-state index contributed by atoms with van der Waals surface area (Å²) in [4.78, 5) is 27.0. The summed E-state index contributed by atoms with van der Waals surface area (Å²) in [5, 5.41) is 30.2. The minimum Gasteiger partial charge on any atom is -0.481 e. The van der Waals surface area contributed by atoms with Gasteiger partial charge in [0, 0.05) is 28.4 Å². The van der Waals surface area contributed by atoms with E-state index in [0.717, 1.165) is 0 Å². The van der Waals surface area contributed by atoms with Gasteiger partial charge < -0.3 is 20.2 Å². The second-order valence-corrected chi connectivity index (χ2v) is 10.7. The number of carbonyl (C=O) groups is 2. The predicted molar refractivity (Wildman–Crippen MR) is 132 cm³/mol. The molecule has 1 aliphatic heterocycles. The molecule has 0 aliphatic carbocycles. The maximum absolute atomic E-state index is 14.0. The summed E-state index contributed by atoms with van der Waals surface area (Å²) in [7, 11) is 0. The van der Waals surface area contributed by atoms with E-state index in [-0.39, 0.29) is 12.8 Å². The van der Waals surface area contributed by atoms with Crippen molar-refractivity contribution in [2.24, 2.45) is 5.41 Å². The molecule has 37 heavy (non-hydrogen) atoms. The van der Waals surface area contributed by atoms with Crippen molar-refractivity contribution in [3.63, 3.8) is 0 Å². The van der Waals surface area contributed by atoms with Crippen molar-refractivity contribution >= 4 is 35.1 Å². The van der Waals surface area contributed by atoms with Crippen LogP contribution in [0.2, 0.25) is 10.0 Å². The molecule has 0 radical (unpaired) electrons. The Morgan fingerprint density at radius 2 is 1.73 bits per heavy atom. The fourth-order valence-electron chi connectivity index (χ4n) is 5.16. The average Bonchev–Trinajstić information content (AvgIpc) is 2.78. The molecule has 1 heterocycles. The Kier molecular flexibility index (Phi) is 8.54. The predicted octanol–water partition coefficient (Wildman–Crippen LogP) is 5.94. The number of nitrogens with zero attached hydrogens (tertiary/aromatic N) is 1. The maximum Gasteiger partial charge on any atom is 0.442 e. The lowest BCUT2D eigenvalue weighted by Gasteiger charge is -2.52. The number of aliphatic hydroxyl groups is 2. The first kappa shape index (κ1) is 29.2. The van der Waals surface area contributed by atoms with E-state index >= 15 is 0 Å². The molecule has 6 nitrogen and oxygen atoms in total. The fraction of sp³-hybridized carbons (Fsp3) is 0.462. The van der Waals surface area contributed by atoms with Gasteiger partial charge in [-0.05, 0) is 48.2 Å². The lowest BCUT2D eigenvalue weighted by atomic mass is 9.66. The third-order valence-corrected chi connectivity index (χ3v) is 7.46. The molecule has 2 aromatic rings. The van der Waals surface area contributed by atoms with E-state index in [1.165, 1.54) is 18.7 Å². The summed E-state index contributed by atoms with van der Waals surface area (Å²) in [5.74, 6) is -6.57. The smallest absolute Gasteiger partial charge is 0.442 e. The second-order valence-electron chi connectivity index (χ2n) is 9.79. The van der Waals surface area contributed by atoms with E-state index in [1.807, 2.05) is 0 Å². The van der Waals surface area contributed by atoms with Gasteiger partial charge in [-0.1, -0.05) is 61.3 Å². The molecule has 3 N–H and O–H groups in total. The van der Waals surface area contributed by atoms with Gasteiger partial charge >= 0.3 is 12.1 Å². The molecule has 1 fully saturated rings. The van der Waals surface area contributed by atoms with E-state index in [0.29, 0.717) is 21.2 Å². The first-order valence-corrected chi connectivity index (χ1v) is 12.4. The van der Waals surface area contributed by atoms with Crippen LogP contribution in [0.1, 0.15) is 62.6 Å². The summed E-state index contributed by atoms with van der Waals surface area (Å²) in [6.45, 7) is 2.99. The van der Waals surface area contributed by atoms with Crippen molar-refractivity contribution in [2.75, 3.05) is 0 Å². The third kappa shape index (κ3) is 6.22. The number of carboxylic acids is 1. The summed E-state index contributed by atoms with van der Waals surface area (Å²) in [6, 6.07) is 11.1. The molecule has 2 aromatic carbocycles. The fourth-order valence-corrected chi connectivity index (χ4v) is 5.49. The van der Waals surface area contributed by atoms with Gasteiger partial charge in [0.2, 0.25) is 5.91 Å². The van der Waals surface area contributed by atoms with Crippen LogP contribution in [-0.4, -0.2) is 50.1 Å². The number of amides is 1. The van der Waals surface area contributed by atoms with E-state index in [2.05, 4.69) is 0 Å². The standard InChI is InChI=1S/C26H28Cl2F3NO5/c1-3-19(12-25(36,37)26(29,30)31)32-22(15-7-9-17(27)10-8-15)20(16-5-4-6-18(28)11-16)13-24(2,23(32)35)14-21(33)34/h4-11,19-20,22,36-37H,3,12-14H2,1-2H3,(H,33,34)/t19-,20+,22?,24+/m0/s1. The number of benzene rings is 2. The van der Waals surface area contributed by atoms with Crippen molar-refractivity contribution in [3.05, 3.63) is 69.7 Å². The molecule has 1 saturated heterocycles. The highest BCUT2D eigenvalue weighted by Gasteiger charge is 2.57. The number of carboxylic acid groups (broad SMARTS) is 1. The normalized spacial score (nSPS) is 23.7. The topological polar surface area (TPSA) is 98.1 Å². The summed E-state index contributed by atoms with van der Waals surface area (Å²) < 4.78 is 40.4. The van der Waals surface area contributed by atoms with Crippen molar-refractivity contribution in [3.8, 4) is 0 Å².